The Morgan fingerprint density at radius 1 is 1.53 bits per heavy atom. The maximum atomic E-state index is 12.4. The Labute approximate surface area is 126 Å². The molecule has 1 aliphatic rings. The van der Waals surface area contributed by atoms with Gasteiger partial charge in [0.25, 0.3) is 0 Å². The number of aryl methyl sites for hydroxylation is 1. The first kappa shape index (κ1) is 15.4. The van der Waals surface area contributed by atoms with E-state index in [2.05, 4.69) is 20.7 Å². The number of nitrogens with one attached hydrogen (secondary N) is 1. The average Bonchev–Trinajstić information content (AvgIpc) is 2.56. The zero-order chi connectivity index (χ0) is 14.3. The second kappa shape index (κ2) is 5.44. The maximum absolute atomic E-state index is 12.4. The van der Waals surface area contributed by atoms with E-state index in [0.29, 0.717) is 24.3 Å². The molecule has 19 heavy (non-hydrogen) atoms. The third kappa shape index (κ3) is 3.78. The number of thiophene rings is 1. The van der Waals surface area contributed by atoms with Gasteiger partial charge >= 0.3 is 0 Å². The van der Waals surface area contributed by atoms with Gasteiger partial charge in [0.2, 0.25) is 10.0 Å². The van der Waals surface area contributed by atoms with Gasteiger partial charge in [0.1, 0.15) is 0 Å². The van der Waals surface area contributed by atoms with Gasteiger partial charge in [-0.2, -0.15) is 0 Å². The molecule has 1 fully saturated rings. The number of hydrogen-bond donors (Lipinski definition) is 1. The molecule has 1 N–H and O–H groups in total. The second-order valence-corrected chi connectivity index (χ2v) is 9.71. The van der Waals surface area contributed by atoms with Crippen molar-refractivity contribution in [3.05, 3.63) is 14.7 Å². The smallest absolute Gasteiger partial charge is 0.241 e. The molecule has 0 aliphatic carbocycles. The molecule has 0 radical (unpaired) electrons. The number of hydrogen-bond acceptors (Lipinski definition) is 4. The van der Waals surface area contributed by atoms with Crippen LogP contribution in [0.5, 0.6) is 0 Å². The van der Waals surface area contributed by atoms with Crippen molar-refractivity contribution in [1.82, 2.24) is 4.72 Å². The number of halogens is 1. The van der Waals surface area contributed by atoms with Crippen LogP contribution < -0.4 is 4.72 Å². The van der Waals surface area contributed by atoms with Crippen molar-refractivity contribution in [3.63, 3.8) is 0 Å². The average molecular weight is 368 g/mol. The Bertz CT molecular complexity index is 566. The fourth-order valence-electron chi connectivity index (χ4n) is 2.31. The van der Waals surface area contributed by atoms with E-state index in [1.165, 1.54) is 11.3 Å². The van der Waals surface area contributed by atoms with Gasteiger partial charge in [-0.25, -0.2) is 13.1 Å². The molecule has 2 heterocycles. The number of rotatable bonds is 3. The van der Waals surface area contributed by atoms with Crippen LogP contribution in [0.25, 0.3) is 0 Å². The van der Waals surface area contributed by atoms with E-state index < -0.39 is 10.0 Å². The minimum atomic E-state index is -3.45. The molecule has 1 aliphatic heterocycles. The topological polar surface area (TPSA) is 55.4 Å². The fourth-order valence-corrected chi connectivity index (χ4v) is 6.00. The third-order valence-electron chi connectivity index (χ3n) is 3.15. The molecule has 2 rings (SSSR count). The van der Waals surface area contributed by atoms with Crippen molar-refractivity contribution in [2.45, 2.75) is 50.2 Å². The normalized spacial score (nSPS) is 23.5. The van der Waals surface area contributed by atoms with Crippen LogP contribution in [0.4, 0.5) is 0 Å². The van der Waals surface area contributed by atoms with E-state index in [-0.39, 0.29) is 11.6 Å². The van der Waals surface area contributed by atoms with Gasteiger partial charge in [-0.15, -0.1) is 11.3 Å². The van der Waals surface area contributed by atoms with Crippen LogP contribution in [-0.4, -0.2) is 26.7 Å². The first-order chi connectivity index (χ1) is 8.70. The van der Waals surface area contributed by atoms with Crippen LogP contribution >= 0.6 is 27.3 Å². The molecule has 108 valence electrons. The summed E-state index contributed by atoms with van der Waals surface area (Å²) >= 11 is 4.76. The maximum Gasteiger partial charge on any atom is 0.241 e. The first-order valence-corrected chi connectivity index (χ1v) is 9.21. The minimum Gasteiger partial charge on any atom is -0.375 e. The summed E-state index contributed by atoms with van der Waals surface area (Å²) < 4.78 is 34.0. The Morgan fingerprint density at radius 2 is 2.21 bits per heavy atom. The quantitative estimate of drug-likeness (QED) is 0.892. The van der Waals surface area contributed by atoms with Crippen molar-refractivity contribution in [3.8, 4) is 0 Å². The summed E-state index contributed by atoms with van der Waals surface area (Å²) in [5.74, 6) is 0. The largest absolute Gasteiger partial charge is 0.375 e. The van der Waals surface area contributed by atoms with Crippen molar-refractivity contribution >= 4 is 37.3 Å². The fraction of sp³-hybridized carbons (Fsp3) is 0.667. The summed E-state index contributed by atoms with van der Waals surface area (Å²) in [7, 11) is -3.45. The Balaban J connectivity index is 2.16. The Morgan fingerprint density at radius 3 is 2.74 bits per heavy atom. The van der Waals surface area contributed by atoms with Gasteiger partial charge in [0, 0.05) is 17.5 Å². The van der Waals surface area contributed by atoms with Gasteiger partial charge in [0.15, 0.2) is 0 Å². The van der Waals surface area contributed by atoms with E-state index in [1.807, 2.05) is 20.8 Å². The molecule has 0 aromatic carbocycles. The Hall–Kier alpha value is 0.0500. The molecule has 4 nitrogen and oxygen atoms in total. The van der Waals surface area contributed by atoms with Gasteiger partial charge in [-0.05, 0) is 55.6 Å². The van der Waals surface area contributed by atoms with Gasteiger partial charge in [-0.3, -0.25) is 0 Å². The predicted octanol–water partition coefficient (Wildman–Crippen LogP) is 3.05. The summed E-state index contributed by atoms with van der Waals surface area (Å²) in [6.07, 6.45) is 1.41. The SMILES string of the molecule is Cc1sc(Br)cc1S(=O)(=O)NC1CCOC(C)(C)C1. The lowest BCUT2D eigenvalue weighted by molar-refractivity contribution is -0.0599. The monoisotopic (exact) mass is 367 g/mol. The van der Waals surface area contributed by atoms with Crippen LogP contribution in [-0.2, 0) is 14.8 Å². The summed E-state index contributed by atoms with van der Waals surface area (Å²) in [6, 6.07) is 1.60. The van der Waals surface area contributed by atoms with E-state index in [4.69, 9.17) is 4.74 Å². The van der Waals surface area contributed by atoms with Crippen LogP contribution in [0.3, 0.4) is 0 Å². The van der Waals surface area contributed by atoms with Crippen molar-refractivity contribution in [2.24, 2.45) is 0 Å². The highest BCUT2D eigenvalue weighted by atomic mass is 79.9. The van der Waals surface area contributed by atoms with Gasteiger partial charge in [0.05, 0.1) is 14.3 Å². The first-order valence-electron chi connectivity index (χ1n) is 6.12. The van der Waals surface area contributed by atoms with E-state index >= 15 is 0 Å². The Kier molecular flexibility index (Phi) is 4.42. The molecule has 0 spiro atoms. The zero-order valence-corrected chi connectivity index (χ0v) is 14.4. The lowest BCUT2D eigenvalue weighted by Gasteiger charge is -2.35. The van der Waals surface area contributed by atoms with Gasteiger partial charge < -0.3 is 4.74 Å². The highest BCUT2D eigenvalue weighted by molar-refractivity contribution is 9.11. The summed E-state index contributed by atoms with van der Waals surface area (Å²) in [4.78, 5) is 1.17. The van der Waals surface area contributed by atoms with Crippen LogP contribution in [0, 0.1) is 6.92 Å². The molecule has 1 saturated heterocycles. The van der Waals surface area contributed by atoms with Crippen LogP contribution in [0.1, 0.15) is 31.6 Å². The molecule has 1 unspecified atom stereocenters. The van der Waals surface area contributed by atoms with Crippen LogP contribution in [0.2, 0.25) is 0 Å². The lowest BCUT2D eigenvalue weighted by Crippen LogP contribution is -2.45. The number of sulfonamides is 1. The van der Waals surface area contributed by atoms with Gasteiger partial charge in [-0.1, -0.05) is 0 Å². The highest BCUT2D eigenvalue weighted by Gasteiger charge is 2.32. The molecular weight excluding hydrogens is 350 g/mol. The second-order valence-electron chi connectivity index (χ2n) is 5.39. The summed E-state index contributed by atoms with van der Waals surface area (Å²) in [5, 5.41) is 0. The highest BCUT2D eigenvalue weighted by Crippen LogP contribution is 2.31. The third-order valence-corrected chi connectivity index (χ3v) is 6.48. The molecule has 1 aromatic heterocycles. The van der Waals surface area contributed by atoms with E-state index in [1.54, 1.807) is 6.07 Å². The molecule has 0 saturated carbocycles. The van der Waals surface area contributed by atoms with Crippen molar-refractivity contribution in [2.75, 3.05) is 6.61 Å². The van der Waals surface area contributed by atoms with Crippen molar-refractivity contribution in [1.29, 1.82) is 0 Å². The van der Waals surface area contributed by atoms with E-state index in [9.17, 15) is 8.42 Å². The molecular formula is C12H18BrNO3S2. The van der Waals surface area contributed by atoms with Crippen LogP contribution in [0.15, 0.2) is 14.7 Å². The molecule has 1 atom stereocenters. The summed E-state index contributed by atoms with van der Waals surface area (Å²) in [6.45, 7) is 6.38. The standard InChI is InChI=1S/C12H18BrNO3S2/c1-8-10(6-11(13)18-8)19(15,16)14-9-4-5-17-12(2,3)7-9/h6,9,14H,4-5,7H2,1-3H3. The zero-order valence-electron chi connectivity index (χ0n) is 11.2. The number of ether oxygens (including phenoxy) is 1. The predicted molar refractivity (Wildman–Crippen MR) is 80.1 cm³/mol. The minimum absolute atomic E-state index is 0.0631. The molecule has 0 amide bonds. The lowest BCUT2D eigenvalue weighted by atomic mass is 9.95. The molecule has 0 bridgehead atoms. The summed E-state index contributed by atoms with van der Waals surface area (Å²) in [5.41, 5.74) is -0.268. The van der Waals surface area contributed by atoms with E-state index in [0.717, 1.165) is 8.66 Å². The van der Waals surface area contributed by atoms with Crippen molar-refractivity contribution < 1.29 is 13.2 Å². The molecule has 1 aromatic rings. The molecule has 7 heteroatoms.